The molecule has 0 aromatic heterocycles. The Labute approximate surface area is 133 Å². The van der Waals surface area contributed by atoms with E-state index in [1.54, 1.807) is 24.3 Å². The Kier molecular flexibility index (Phi) is 5.87. The van der Waals surface area contributed by atoms with Gasteiger partial charge in [-0.15, -0.1) is 0 Å². The summed E-state index contributed by atoms with van der Waals surface area (Å²) in [6, 6.07) is 6.63. The molecule has 1 fully saturated rings. The summed E-state index contributed by atoms with van der Waals surface area (Å²) in [7, 11) is 0. The maximum Gasteiger partial charge on any atom is 0.416 e. The molecule has 1 amide bonds. The number of nitrogens with zero attached hydrogens (tertiary/aromatic N) is 1. The number of morpholine rings is 1. The smallest absolute Gasteiger partial charge is 0.416 e. The van der Waals surface area contributed by atoms with Gasteiger partial charge >= 0.3 is 6.18 Å². The first-order chi connectivity index (χ1) is 10.9. The molecular formula is C16H20F3NO3. The number of hydrogen-bond acceptors (Lipinski definition) is 3. The first-order valence-corrected chi connectivity index (χ1v) is 7.63. The van der Waals surface area contributed by atoms with E-state index < -0.39 is 24.7 Å². The van der Waals surface area contributed by atoms with Crippen LogP contribution in [0.3, 0.4) is 0 Å². The SMILES string of the molecule is CCCCOc1ccccc1C(=O)N1CCO[C@@H](C(F)(F)F)C1. The van der Waals surface area contributed by atoms with E-state index in [-0.39, 0.29) is 18.7 Å². The van der Waals surface area contributed by atoms with Crippen molar-refractivity contribution in [2.45, 2.75) is 32.0 Å². The van der Waals surface area contributed by atoms with Crippen LogP contribution >= 0.6 is 0 Å². The predicted molar refractivity (Wildman–Crippen MR) is 78.5 cm³/mol. The molecule has 0 unspecified atom stereocenters. The van der Waals surface area contributed by atoms with Crippen LogP contribution in [-0.4, -0.2) is 49.4 Å². The lowest BCUT2D eigenvalue weighted by Crippen LogP contribution is -2.51. The van der Waals surface area contributed by atoms with E-state index in [0.29, 0.717) is 12.4 Å². The summed E-state index contributed by atoms with van der Waals surface area (Å²) in [5.74, 6) is -0.0596. The van der Waals surface area contributed by atoms with Gasteiger partial charge in [-0.2, -0.15) is 13.2 Å². The van der Waals surface area contributed by atoms with Crippen molar-refractivity contribution in [1.29, 1.82) is 0 Å². The molecule has 1 atom stereocenters. The zero-order valence-corrected chi connectivity index (χ0v) is 12.9. The number of amides is 1. The largest absolute Gasteiger partial charge is 0.493 e. The number of benzene rings is 1. The van der Waals surface area contributed by atoms with Crippen molar-refractivity contribution in [3.05, 3.63) is 29.8 Å². The number of unbranched alkanes of at least 4 members (excludes halogenated alkanes) is 1. The number of halogens is 3. The van der Waals surface area contributed by atoms with Gasteiger partial charge in [0.1, 0.15) is 5.75 Å². The highest BCUT2D eigenvalue weighted by atomic mass is 19.4. The van der Waals surface area contributed by atoms with E-state index in [9.17, 15) is 18.0 Å². The lowest BCUT2D eigenvalue weighted by atomic mass is 10.1. The maximum atomic E-state index is 12.8. The molecule has 1 aromatic carbocycles. The molecule has 128 valence electrons. The van der Waals surface area contributed by atoms with Crippen LogP contribution in [0, 0.1) is 0 Å². The van der Waals surface area contributed by atoms with E-state index in [0.717, 1.165) is 12.8 Å². The normalized spacial score (nSPS) is 18.8. The molecule has 0 radical (unpaired) electrons. The number of rotatable bonds is 5. The minimum atomic E-state index is -4.48. The minimum Gasteiger partial charge on any atom is -0.493 e. The van der Waals surface area contributed by atoms with Crippen LogP contribution in [0.2, 0.25) is 0 Å². The summed E-state index contributed by atoms with van der Waals surface area (Å²) >= 11 is 0. The van der Waals surface area contributed by atoms with Gasteiger partial charge in [-0.1, -0.05) is 25.5 Å². The Bertz CT molecular complexity index is 534. The third-order valence-electron chi connectivity index (χ3n) is 3.59. The molecule has 7 heteroatoms. The highest BCUT2D eigenvalue weighted by molar-refractivity contribution is 5.97. The van der Waals surface area contributed by atoms with Crippen molar-refractivity contribution in [3.8, 4) is 5.75 Å². The highest BCUT2D eigenvalue weighted by Crippen LogP contribution is 2.27. The van der Waals surface area contributed by atoms with E-state index in [1.807, 2.05) is 6.92 Å². The fourth-order valence-electron chi connectivity index (χ4n) is 2.30. The molecule has 1 heterocycles. The fraction of sp³-hybridized carbons (Fsp3) is 0.562. The van der Waals surface area contributed by atoms with Crippen LogP contribution in [0.1, 0.15) is 30.1 Å². The molecule has 1 saturated heterocycles. The van der Waals surface area contributed by atoms with Gasteiger partial charge in [0.2, 0.25) is 0 Å². The quantitative estimate of drug-likeness (QED) is 0.778. The number of para-hydroxylation sites is 1. The molecule has 0 aliphatic carbocycles. The summed E-state index contributed by atoms with van der Waals surface area (Å²) in [6.07, 6.45) is -4.62. The number of carbonyl (C=O) groups is 1. The average Bonchev–Trinajstić information content (AvgIpc) is 2.54. The summed E-state index contributed by atoms with van der Waals surface area (Å²) in [6.45, 7) is 2.00. The van der Waals surface area contributed by atoms with Gasteiger partial charge in [-0.3, -0.25) is 4.79 Å². The molecule has 1 aliphatic heterocycles. The zero-order valence-electron chi connectivity index (χ0n) is 12.9. The first-order valence-electron chi connectivity index (χ1n) is 7.63. The Hall–Kier alpha value is -1.76. The van der Waals surface area contributed by atoms with E-state index in [1.165, 1.54) is 4.90 Å². The molecule has 0 saturated carbocycles. The fourth-order valence-corrected chi connectivity index (χ4v) is 2.30. The van der Waals surface area contributed by atoms with Gasteiger partial charge < -0.3 is 14.4 Å². The second-order valence-corrected chi connectivity index (χ2v) is 5.35. The van der Waals surface area contributed by atoms with Gasteiger partial charge in [0.25, 0.3) is 5.91 Å². The number of hydrogen-bond donors (Lipinski definition) is 0. The lowest BCUT2D eigenvalue weighted by Gasteiger charge is -2.34. The van der Waals surface area contributed by atoms with E-state index in [4.69, 9.17) is 9.47 Å². The van der Waals surface area contributed by atoms with Crippen molar-refractivity contribution < 1.29 is 27.4 Å². The zero-order chi connectivity index (χ0) is 16.9. The summed E-state index contributed by atoms with van der Waals surface area (Å²) in [5, 5.41) is 0. The molecule has 0 spiro atoms. The van der Waals surface area contributed by atoms with E-state index in [2.05, 4.69) is 0 Å². The van der Waals surface area contributed by atoms with Gasteiger partial charge in [0.05, 0.1) is 25.3 Å². The topological polar surface area (TPSA) is 38.8 Å². The highest BCUT2D eigenvalue weighted by Gasteiger charge is 2.44. The maximum absolute atomic E-state index is 12.8. The van der Waals surface area contributed by atoms with Crippen LogP contribution in [0.25, 0.3) is 0 Å². The Morgan fingerprint density at radius 1 is 1.39 bits per heavy atom. The van der Waals surface area contributed by atoms with Crippen LogP contribution in [0.4, 0.5) is 13.2 Å². The predicted octanol–water partition coefficient (Wildman–Crippen LogP) is 3.27. The number of carbonyl (C=O) groups excluding carboxylic acids is 1. The second-order valence-electron chi connectivity index (χ2n) is 5.35. The summed E-state index contributed by atoms with van der Waals surface area (Å²) in [5.41, 5.74) is 0.284. The molecule has 0 bridgehead atoms. The van der Waals surface area contributed by atoms with Crippen molar-refractivity contribution in [2.24, 2.45) is 0 Å². The average molecular weight is 331 g/mol. The van der Waals surface area contributed by atoms with Crippen molar-refractivity contribution in [3.63, 3.8) is 0 Å². The second kappa shape index (κ2) is 7.68. The molecule has 4 nitrogen and oxygen atoms in total. The molecule has 1 aliphatic rings. The monoisotopic (exact) mass is 331 g/mol. The van der Waals surface area contributed by atoms with Gasteiger partial charge in [-0.25, -0.2) is 0 Å². The lowest BCUT2D eigenvalue weighted by molar-refractivity contribution is -0.233. The van der Waals surface area contributed by atoms with Gasteiger partial charge in [0, 0.05) is 6.54 Å². The Morgan fingerprint density at radius 2 is 2.13 bits per heavy atom. The van der Waals surface area contributed by atoms with Crippen LogP contribution < -0.4 is 4.74 Å². The third kappa shape index (κ3) is 4.60. The third-order valence-corrected chi connectivity index (χ3v) is 3.59. The van der Waals surface area contributed by atoms with E-state index >= 15 is 0 Å². The molecule has 0 N–H and O–H groups in total. The van der Waals surface area contributed by atoms with Crippen molar-refractivity contribution >= 4 is 5.91 Å². The Balaban J connectivity index is 2.10. The summed E-state index contributed by atoms with van der Waals surface area (Å²) < 4.78 is 48.6. The van der Waals surface area contributed by atoms with Crippen LogP contribution in [0.5, 0.6) is 5.75 Å². The minimum absolute atomic E-state index is 0.130. The Morgan fingerprint density at radius 3 is 2.83 bits per heavy atom. The van der Waals surface area contributed by atoms with Crippen LogP contribution in [0.15, 0.2) is 24.3 Å². The molecular weight excluding hydrogens is 311 g/mol. The van der Waals surface area contributed by atoms with Gasteiger partial charge in [-0.05, 0) is 18.6 Å². The standard InChI is InChI=1S/C16H20F3NO3/c1-2-3-9-22-13-7-5-4-6-12(13)15(21)20-8-10-23-14(11-20)16(17,18)19/h4-7,14H,2-3,8-11H2,1H3/t14-/m1/s1. The number of alkyl halides is 3. The number of ether oxygens (including phenoxy) is 2. The van der Waals surface area contributed by atoms with Crippen LogP contribution in [-0.2, 0) is 4.74 Å². The summed E-state index contributed by atoms with van der Waals surface area (Å²) in [4.78, 5) is 13.7. The van der Waals surface area contributed by atoms with Crippen molar-refractivity contribution in [2.75, 3.05) is 26.3 Å². The molecule has 2 rings (SSSR count). The van der Waals surface area contributed by atoms with Gasteiger partial charge in [0.15, 0.2) is 6.10 Å². The van der Waals surface area contributed by atoms with Crippen molar-refractivity contribution in [1.82, 2.24) is 4.90 Å². The molecule has 1 aromatic rings. The molecule has 23 heavy (non-hydrogen) atoms. The first kappa shape index (κ1) is 17.6.